The first-order valence-corrected chi connectivity index (χ1v) is 2.69. The van der Waals surface area contributed by atoms with Crippen molar-refractivity contribution in [3.63, 3.8) is 0 Å². The Hall–Kier alpha value is -0.680. The number of aromatic nitrogens is 2. The molecule has 0 saturated heterocycles. The molecule has 1 aromatic rings. The van der Waals surface area contributed by atoms with E-state index < -0.39 is 0 Å². The van der Waals surface area contributed by atoms with Gasteiger partial charge in [-0.1, -0.05) is 0 Å². The molecular weight excluding hydrogens is 160 g/mol. The first-order valence-electron chi connectivity index (χ1n) is 1.92. The molecule has 9 heavy (non-hydrogen) atoms. The Morgan fingerprint density at radius 3 is 2.67 bits per heavy atom. The first kappa shape index (κ1) is 8.32. The quantitative estimate of drug-likeness (QED) is 0.461. The molecule has 1 heterocycles. The van der Waals surface area contributed by atoms with E-state index in [0.29, 0.717) is 5.01 Å². The molecule has 0 radical (unpaired) electrons. The van der Waals surface area contributed by atoms with Crippen molar-refractivity contribution in [2.45, 2.75) is 0 Å². The number of nitrogens with one attached hydrogen (secondary N) is 1. The normalized spacial score (nSPS) is 8.00. The molecule has 1 aromatic heterocycles. The Balaban J connectivity index is 0.000000640. The van der Waals surface area contributed by atoms with E-state index in [1.54, 1.807) is 0 Å². The van der Waals surface area contributed by atoms with Crippen molar-refractivity contribution in [2.24, 2.45) is 5.73 Å². The van der Waals surface area contributed by atoms with Gasteiger partial charge in [-0.25, -0.2) is 4.98 Å². The summed E-state index contributed by atoms with van der Waals surface area (Å²) >= 11 is 1.12. The summed E-state index contributed by atoms with van der Waals surface area (Å²) in [4.78, 5) is 3.67. The summed E-state index contributed by atoms with van der Waals surface area (Å²) in [6.07, 6.45) is 1.38. The van der Waals surface area contributed by atoms with Crippen molar-refractivity contribution in [1.29, 1.82) is 5.41 Å². The average molecular weight is 165 g/mol. The number of nitrogen functional groups attached to an aromatic ring is 1. The molecule has 0 bridgehead atoms. The third-order valence-corrected chi connectivity index (χ3v) is 1.29. The van der Waals surface area contributed by atoms with Gasteiger partial charge in [0.25, 0.3) is 0 Å². The van der Waals surface area contributed by atoms with Crippen molar-refractivity contribution < 1.29 is 0 Å². The highest BCUT2D eigenvalue weighted by Crippen LogP contribution is 1.95. The molecule has 0 amide bonds. The lowest BCUT2D eigenvalue weighted by molar-refractivity contribution is 1.29. The lowest BCUT2D eigenvalue weighted by atomic mass is 10.7. The van der Waals surface area contributed by atoms with Gasteiger partial charge in [0.15, 0.2) is 10.8 Å². The second-order valence-corrected chi connectivity index (χ2v) is 1.94. The second-order valence-electron chi connectivity index (χ2n) is 1.16. The largest absolute Gasteiger partial charge is 0.382 e. The van der Waals surface area contributed by atoms with E-state index in [1.807, 2.05) is 0 Å². The summed E-state index contributed by atoms with van der Waals surface area (Å²) in [6, 6.07) is 0. The lowest BCUT2D eigenvalue weighted by Crippen LogP contribution is -2.09. The van der Waals surface area contributed by atoms with Crippen molar-refractivity contribution in [2.75, 3.05) is 0 Å². The number of rotatable bonds is 1. The molecule has 0 atom stereocenters. The van der Waals surface area contributed by atoms with Crippen molar-refractivity contribution in [1.82, 2.24) is 9.36 Å². The van der Waals surface area contributed by atoms with Gasteiger partial charge < -0.3 is 5.73 Å². The Bertz CT molecular complexity index is 184. The minimum atomic E-state index is -0.0208. The summed E-state index contributed by atoms with van der Waals surface area (Å²) in [6.45, 7) is 0. The molecule has 0 spiro atoms. The smallest absolute Gasteiger partial charge is 0.177 e. The fourth-order valence-electron chi connectivity index (χ4n) is 0.292. The highest BCUT2D eigenvalue weighted by atomic mass is 35.5. The fraction of sp³-hybridized carbons (Fsp3) is 0. The Kier molecular flexibility index (Phi) is 3.11. The van der Waals surface area contributed by atoms with Crippen molar-refractivity contribution >= 4 is 29.8 Å². The molecule has 0 aliphatic rings. The van der Waals surface area contributed by atoms with Gasteiger partial charge in [0.2, 0.25) is 0 Å². The van der Waals surface area contributed by atoms with Crippen LogP contribution in [0.4, 0.5) is 0 Å². The number of nitrogens with zero attached hydrogens (tertiary/aromatic N) is 2. The molecule has 1 rings (SSSR count). The average Bonchev–Trinajstić information content (AvgIpc) is 2.12. The SMILES string of the molecule is Cl.N=C(N)c1ncns1. The van der Waals surface area contributed by atoms with Gasteiger partial charge >= 0.3 is 0 Å². The summed E-state index contributed by atoms with van der Waals surface area (Å²) < 4.78 is 3.65. The summed E-state index contributed by atoms with van der Waals surface area (Å²) in [5.41, 5.74) is 5.05. The van der Waals surface area contributed by atoms with Gasteiger partial charge in [0.05, 0.1) is 0 Å². The Morgan fingerprint density at radius 2 is 2.44 bits per heavy atom. The van der Waals surface area contributed by atoms with E-state index in [0.717, 1.165) is 11.5 Å². The van der Waals surface area contributed by atoms with Crippen LogP contribution >= 0.6 is 23.9 Å². The second kappa shape index (κ2) is 3.37. The molecule has 3 N–H and O–H groups in total. The van der Waals surface area contributed by atoms with E-state index in [-0.39, 0.29) is 18.2 Å². The summed E-state index contributed by atoms with van der Waals surface area (Å²) in [7, 11) is 0. The van der Waals surface area contributed by atoms with Crippen LogP contribution in [0.1, 0.15) is 5.01 Å². The molecule has 0 aliphatic carbocycles. The molecule has 4 nitrogen and oxygen atoms in total. The van der Waals surface area contributed by atoms with E-state index >= 15 is 0 Å². The number of hydrogen-bond acceptors (Lipinski definition) is 4. The molecule has 0 aliphatic heterocycles. The summed E-state index contributed by atoms with van der Waals surface area (Å²) in [5.74, 6) is -0.0208. The number of amidine groups is 1. The predicted octanol–water partition coefficient (Wildman–Crippen LogP) is 0.244. The van der Waals surface area contributed by atoms with Crippen LogP contribution in [0.25, 0.3) is 0 Å². The molecular formula is C3H5ClN4S. The third kappa shape index (κ3) is 1.95. The summed E-state index contributed by atoms with van der Waals surface area (Å²) in [5, 5.41) is 7.31. The standard InChI is InChI=1S/C3H4N4S.ClH/c4-2(5)3-6-1-7-8-3;/h1H,(H3,4,5);1H. The minimum absolute atomic E-state index is 0. The van der Waals surface area contributed by atoms with Crippen LogP contribution in [-0.4, -0.2) is 15.2 Å². The van der Waals surface area contributed by atoms with Crippen molar-refractivity contribution in [3.8, 4) is 0 Å². The highest BCUT2D eigenvalue weighted by molar-refractivity contribution is 7.07. The molecule has 6 heteroatoms. The third-order valence-electron chi connectivity index (χ3n) is 0.592. The fourth-order valence-corrected chi connectivity index (χ4v) is 0.679. The lowest BCUT2D eigenvalue weighted by Gasteiger charge is -1.81. The predicted molar refractivity (Wildman–Crippen MR) is 38.2 cm³/mol. The van der Waals surface area contributed by atoms with Gasteiger partial charge in [-0.2, -0.15) is 4.37 Å². The van der Waals surface area contributed by atoms with E-state index in [1.165, 1.54) is 6.33 Å². The molecule has 0 aromatic carbocycles. The maximum absolute atomic E-state index is 6.84. The zero-order valence-electron chi connectivity index (χ0n) is 4.37. The molecule has 0 fully saturated rings. The minimum Gasteiger partial charge on any atom is -0.382 e. The van der Waals surface area contributed by atoms with Crippen LogP contribution in [-0.2, 0) is 0 Å². The van der Waals surface area contributed by atoms with Gasteiger partial charge in [-0.15, -0.1) is 12.4 Å². The van der Waals surface area contributed by atoms with Gasteiger partial charge in [0.1, 0.15) is 6.33 Å². The van der Waals surface area contributed by atoms with Gasteiger partial charge in [-0.3, -0.25) is 5.41 Å². The zero-order chi connectivity index (χ0) is 5.98. The number of halogens is 1. The van der Waals surface area contributed by atoms with Crippen LogP contribution in [0.15, 0.2) is 6.33 Å². The molecule has 0 unspecified atom stereocenters. The van der Waals surface area contributed by atoms with Crippen LogP contribution in [0.5, 0.6) is 0 Å². The zero-order valence-corrected chi connectivity index (χ0v) is 6.00. The van der Waals surface area contributed by atoms with Gasteiger partial charge in [0, 0.05) is 0 Å². The monoisotopic (exact) mass is 164 g/mol. The van der Waals surface area contributed by atoms with Crippen molar-refractivity contribution in [3.05, 3.63) is 11.3 Å². The maximum Gasteiger partial charge on any atom is 0.177 e. The first-order chi connectivity index (χ1) is 3.80. The van der Waals surface area contributed by atoms with Crippen LogP contribution < -0.4 is 5.73 Å². The van der Waals surface area contributed by atoms with Crippen LogP contribution in [0.2, 0.25) is 0 Å². The highest BCUT2D eigenvalue weighted by Gasteiger charge is 1.95. The Labute approximate surface area is 62.2 Å². The van der Waals surface area contributed by atoms with E-state index in [4.69, 9.17) is 11.1 Å². The van der Waals surface area contributed by atoms with E-state index in [9.17, 15) is 0 Å². The Morgan fingerprint density at radius 1 is 1.78 bits per heavy atom. The number of hydrogen-bond donors (Lipinski definition) is 2. The van der Waals surface area contributed by atoms with E-state index in [2.05, 4.69) is 9.36 Å². The maximum atomic E-state index is 6.84. The van der Waals surface area contributed by atoms with Crippen LogP contribution in [0.3, 0.4) is 0 Å². The number of nitrogens with two attached hydrogens (primary N) is 1. The molecule has 50 valence electrons. The van der Waals surface area contributed by atoms with Gasteiger partial charge in [-0.05, 0) is 11.5 Å². The van der Waals surface area contributed by atoms with Crippen LogP contribution in [0, 0.1) is 5.41 Å². The topological polar surface area (TPSA) is 75.7 Å². The molecule has 0 saturated carbocycles.